The van der Waals surface area contributed by atoms with E-state index in [9.17, 15) is 14.4 Å². The molecular formula is C45H47N7O3. The number of H-pyrrole nitrogens is 1. The Morgan fingerprint density at radius 2 is 1.40 bits per heavy atom. The van der Waals surface area contributed by atoms with Gasteiger partial charge in [-0.2, -0.15) is 0 Å². The van der Waals surface area contributed by atoms with Gasteiger partial charge in [-0.1, -0.05) is 84.6 Å². The SMILES string of the molecule is CN(C)[C@@H](C(=O)N1CCC[C@H]1CNC(=O)c1ccc(C#Cc2ccc(-c3cnc([C@@H]4CCCN4C(=O)[C@H](N)c4ccccc4)[nH]3)cc2)cc1)c1ccccc1. The first kappa shape index (κ1) is 37.3. The Bertz CT molecular complexity index is 2160. The van der Waals surface area contributed by atoms with Crippen LogP contribution in [-0.4, -0.2) is 82.2 Å². The quantitative estimate of drug-likeness (QED) is 0.154. The number of nitrogens with one attached hydrogen (secondary N) is 2. The second-order valence-electron chi connectivity index (χ2n) is 14.5. The topological polar surface area (TPSA) is 128 Å². The van der Waals surface area contributed by atoms with Gasteiger partial charge in [0.1, 0.15) is 17.9 Å². The minimum Gasteiger partial charge on any atom is -0.350 e. The highest BCUT2D eigenvalue weighted by atomic mass is 16.2. The van der Waals surface area contributed by atoms with Crippen molar-refractivity contribution in [1.29, 1.82) is 0 Å². The maximum absolute atomic E-state index is 13.7. The predicted molar refractivity (Wildman–Crippen MR) is 213 cm³/mol. The molecule has 4 aromatic carbocycles. The summed E-state index contributed by atoms with van der Waals surface area (Å²) >= 11 is 0. The third-order valence-electron chi connectivity index (χ3n) is 10.6. The van der Waals surface area contributed by atoms with E-state index < -0.39 is 6.04 Å². The van der Waals surface area contributed by atoms with Gasteiger partial charge in [0.2, 0.25) is 11.8 Å². The van der Waals surface area contributed by atoms with Crippen LogP contribution in [0.5, 0.6) is 0 Å². The van der Waals surface area contributed by atoms with Gasteiger partial charge in [-0.05, 0) is 92.9 Å². The summed E-state index contributed by atoms with van der Waals surface area (Å²) in [7, 11) is 3.84. The minimum atomic E-state index is -0.706. The number of likely N-dealkylation sites (tertiary alicyclic amines) is 2. The van der Waals surface area contributed by atoms with Gasteiger partial charge in [0.25, 0.3) is 5.91 Å². The molecule has 3 amide bonds. The molecule has 55 heavy (non-hydrogen) atoms. The van der Waals surface area contributed by atoms with Crippen LogP contribution in [0.15, 0.2) is 115 Å². The van der Waals surface area contributed by atoms with Crippen LogP contribution >= 0.6 is 0 Å². The highest BCUT2D eigenvalue weighted by Gasteiger charge is 2.36. The molecule has 4 atom stereocenters. The summed E-state index contributed by atoms with van der Waals surface area (Å²) in [4.78, 5) is 53.9. The van der Waals surface area contributed by atoms with Crippen LogP contribution in [0.3, 0.4) is 0 Å². The number of carbonyl (C=O) groups excluding carboxylic acids is 3. The molecule has 0 saturated carbocycles. The number of likely N-dealkylation sites (N-methyl/N-ethyl adjacent to an activating group) is 1. The smallest absolute Gasteiger partial charge is 0.251 e. The number of aromatic nitrogens is 2. The molecule has 7 rings (SSSR count). The van der Waals surface area contributed by atoms with E-state index in [2.05, 4.69) is 27.1 Å². The second-order valence-corrected chi connectivity index (χ2v) is 14.5. The van der Waals surface area contributed by atoms with Crippen molar-refractivity contribution in [2.24, 2.45) is 5.73 Å². The molecule has 0 spiro atoms. The number of benzene rings is 4. The minimum absolute atomic E-state index is 0.0487. The first-order valence-electron chi connectivity index (χ1n) is 19.0. The largest absolute Gasteiger partial charge is 0.350 e. The molecule has 5 aromatic rings. The maximum atomic E-state index is 13.7. The first-order chi connectivity index (χ1) is 26.8. The molecule has 2 aliphatic rings. The fourth-order valence-corrected chi connectivity index (χ4v) is 7.64. The van der Waals surface area contributed by atoms with Crippen LogP contribution in [0.25, 0.3) is 11.3 Å². The Morgan fingerprint density at radius 3 is 2.05 bits per heavy atom. The number of carbonyl (C=O) groups is 3. The van der Waals surface area contributed by atoms with E-state index in [1.165, 1.54) is 0 Å². The summed E-state index contributed by atoms with van der Waals surface area (Å²) in [6.07, 6.45) is 5.30. The van der Waals surface area contributed by atoms with Crippen molar-refractivity contribution in [1.82, 2.24) is 30.0 Å². The monoisotopic (exact) mass is 733 g/mol. The van der Waals surface area contributed by atoms with E-state index in [4.69, 9.17) is 5.73 Å². The van der Waals surface area contributed by atoms with Crippen LogP contribution in [0, 0.1) is 11.8 Å². The molecule has 10 nitrogen and oxygen atoms in total. The summed E-state index contributed by atoms with van der Waals surface area (Å²) in [6, 6.07) is 33.2. The molecule has 280 valence electrons. The molecule has 10 heteroatoms. The number of hydrogen-bond acceptors (Lipinski definition) is 6. The highest BCUT2D eigenvalue weighted by Crippen LogP contribution is 2.33. The molecular weight excluding hydrogens is 687 g/mol. The molecule has 0 bridgehead atoms. The van der Waals surface area contributed by atoms with E-state index in [1.807, 2.05) is 132 Å². The summed E-state index contributed by atoms with van der Waals surface area (Å²) in [6.45, 7) is 1.74. The van der Waals surface area contributed by atoms with Crippen molar-refractivity contribution in [3.63, 3.8) is 0 Å². The second kappa shape index (κ2) is 17.0. The van der Waals surface area contributed by atoms with Gasteiger partial charge in [0.05, 0.1) is 17.9 Å². The van der Waals surface area contributed by atoms with Crippen LogP contribution in [0.2, 0.25) is 0 Å². The van der Waals surface area contributed by atoms with E-state index >= 15 is 0 Å². The van der Waals surface area contributed by atoms with Gasteiger partial charge in [-0.25, -0.2) is 4.98 Å². The number of nitrogens with two attached hydrogens (primary N) is 1. The number of nitrogens with zero attached hydrogens (tertiary/aromatic N) is 4. The van der Waals surface area contributed by atoms with Crippen molar-refractivity contribution in [2.45, 2.75) is 49.9 Å². The number of hydrogen-bond donors (Lipinski definition) is 3. The average Bonchev–Trinajstić information content (AvgIpc) is 4.02. The van der Waals surface area contributed by atoms with Crippen LogP contribution < -0.4 is 11.1 Å². The van der Waals surface area contributed by atoms with Crippen molar-refractivity contribution >= 4 is 17.7 Å². The molecule has 3 heterocycles. The Morgan fingerprint density at radius 1 is 0.800 bits per heavy atom. The van der Waals surface area contributed by atoms with Gasteiger partial charge >= 0.3 is 0 Å². The lowest BCUT2D eigenvalue weighted by Gasteiger charge is -2.32. The lowest BCUT2D eigenvalue weighted by molar-refractivity contribution is -0.137. The van der Waals surface area contributed by atoms with Gasteiger partial charge in [0, 0.05) is 42.4 Å². The number of rotatable bonds is 10. The molecule has 2 fully saturated rings. The third-order valence-corrected chi connectivity index (χ3v) is 10.6. The number of aromatic amines is 1. The highest BCUT2D eigenvalue weighted by molar-refractivity contribution is 5.94. The van der Waals surface area contributed by atoms with E-state index in [0.29, 0.717) is 25.2 Å². The summed E-state index contributed by atoms with van der Waals surface area (Å²) in [5, 5.41) is 3.05. The zero-order valence-corrected chi connectivity index (χ0v) is 31.3. The maximum Gasteiger partial charge on any atom is 0.251 e. The Kier molecular flexibility index (Phi) is 11.5. The standard InChI is InChI=1S/C45H47N7O3/c1-50(2)41(35-13-7-4-8-14-35)45(55)51-27-9-15-37(51)29-48-43(53)36-25-21-32(22-26-36)18-17-31-19-23-33(24-20-31)38-30-47-42(49-38)39-16-10-28-52(39)44(54)40(46)34-11-5-3-6-12-34/h3-8,11-14,19-26,30,37,39-41H,9-10,15-16,27-29,46H2,1-2H3,(H,47,49)(H,48,53)/t37-,39-,40+,41+/m0/s1. The van der Waals surface area contributed by atoms with Crippen LogP contribution in [-0.2, 0) is 9.59 Å². The zero-order chi connectivity index (χ0) is 38.3. The van der Waals surface area contributed by atoms with Crippen molar-refractivity contribution < 1.29 is 14.4 Å². The van der Waals surface area contributed by atoms with E-state index in [-0.39, 0.29) is 35.8 Å². The predicted octanol–water partition coefficient (Wildman–Crippen LogP) is 5.86. The normalized spacial score (nSPS) is 17.7. The van der Waals surface area contributed by atoms with Crippen molar-refractivity contribution in [3.8, 4) is 23.1 Å². The molecule has 0 radical (unpaired) electrons. The Labute approximate surface area is 322 Å². The number of imidazole rings is 1. The van der Waals surface area contributed by atoms with Crippen LogP contribution in [0.4, 0.5) is 0 Å². The van der Waals surface area contributed by atoms with E-state index in [1.54, 1.807) is 12.1 Å². The van der Waals surface area contributed by atoms with Gasteiger partial charge < -0.3 is 25.8 Å². The van der Waals surface area contributed by atoms with Gasteiger partial charge in [0.15, 0.2) is 0 Å². The fourth-order valence-electron chi connectivity index (χ4n) is 7.64. The molecule has 0 aliphatic carbocycles. The first-order valence-corrected chi connectivity index (χ1v) is 19.0. The summed E-state index contributed by atoms with van der Waals surface area (Å²) in [5.41, 5.74) is 12.2. The molecule has 0 unspecified atom stereocenters. The molecule has 2 saturated heterocycles. The van der Waals surface area contributed by atoms with Crippen molar-refractivity contribution in [3.05, 3.63) is 149 Å². The Balaban J connectivity index is 0.927. The molecule has 1 aromatic heterocycles. The summed E-state index contributed by atoms with van der Waals surface area (Å²) < 4.78 is 0. The lowest BCUT2D eigenvalue weighted by Crippen LogP contribution is -2.47. The lowest BCUT2D eigenvalue weighted by atomic mass is 10.0. The summed E-state index contributed by atoms with van der Waals surface area (Å²) in [5.74, 6) is 6.96. The number of amides is 3. The van der Waals surface area contributed by atoms with Gasteiger partial charge in [-0.15, -0.1) is 0 Å². The molecule has 4 N–H and O–H groups in total. The third kappa shape index (κ3) is 8.54. The average molecular weight is 734 g/mol. The fraction of sp³-hybridized carbons (Fsp3) is 0.289. The zero-order valence-electron chi connectivity index (χ0n) is 31.3. The molecule has 2 aliphatic heterocycles. The van der Waals surface area contributed by atoms with Gasteiger partial charge in [-0.3, -0.25) is 19.3 Å². The van der Waals surface area contributed by atoms with Crippen molar-refractivity contribution in [2.75, 3.05) is 33.7 Å². The van der Waals surface area contributed by atoms with E-state index in [0.717, 1.165) is 65.0 Å². The Hall–Kier alpha value is -6.02. The van der Waals surface area contributed by atoms with Crippen LogP contribution in [0.1, 0.15) is 82.2 Å².